The zero-order valence-corrected chi connectivity index (χ0v) is 18.2. The molecule has 27 heavy (non-hydrogen) atoms. The highest BCUT2D eigenvalue weighted by Gasteiger charge is 2.23. The van der Waals surface area contributed by atoms with Crippen LogP contribution in [0, 0.1) is 5.82 Å². The normalized spacial score (nSPS) is 16.1. The van der Waals surface area contributed by atoms with E-state index in [0.717, 1.165) is 12.8 Å². The van der Waals surface area contributed by atoms with Gasteiger partial charge in [-0.2, -0.15) is 0 Å². The van der Waals surface area contributed by atoms with Crippen molar-refractivity contribution in [2.24, 2.45) is 4.99 Å². The topological polar surface area (TPSA) is 75.2 Å². The summed E-state index contributed by atoms with van der Waals surface area (Å²) < 4.78 is 23.4. The Morgan fingerprint density at radius 2 is 1.96 bits per heavy atom. The van der Waals surface area contributed by atoms with Gasteiger partial charge in [-0.1, -0.05) is 0 Å². The van der Waals surface area contributed by atoms with Crippen molar-refractivity contribution < 1.29 is 18.7 Å². The largest absolute Gasteiger partial charge is 0.489 e. The number of carbonyl (C=O) groups is 1. The van der Waals surface area contributed by atoms with Crippen LogP contribution in [0.3, 0.4) is 0 Å². The van der Waals surface area contributed by atoms with E-state index in [-0.39, 0.29) is 48.0 Å². The van der Waals surface area contributed by atoms with Crippen LogP contribution < -0.4 is 15.4 Å². The van der Waals surface area contributed by atoms with Gasteiger partial charge in [-0.05, 0) is 44.0 Å². The molecule has 152 valence electrons. The van der Waals surface area contributed by atoms with Crippen LogP contribution in [0.1, 0.15) is 19.8 Å². The number of halogens is 2. The van der Waals surface area contributed by atoms with Crippen LogP contribution in [0.25, 0.3) is 0 Å². The van der Waals surface area contributed by atoms with Crippen molar-refractivity contribution >= 4 is 36.0 Å². The lowest BCUT2D eigenvalue weighted by Gasteiger charge is -2.32. The SMILES string of the molecule is CN=C(NCC(C)Oc1ccc(F)cc1)NC1CCN(C(=O)OC)CC1.I. The third-order valence-electron chi connectivity index (χ3n) is 4.20. The molecule has 9 heteroatoms. The van der Waals surface area contributed by atoms with Gasteiger partial charge in [0.15, 0.2) is 5.96 Å². The predicted octanol–water partition coefficient (Wildman–Crippen LogP) is 2.61. The molecule has 1 aromatic rings. The summed E-state index contributed by atoms with van der Waals surface area (Å²) in [6.45, 7) is 3.80. The zero-order valence-electron chi connectivity index (χ0n) is 15.9. The monoisotopic (exact) mass is 494 g/mol. The molecule has 2 N–H and O–H groups in total. The average molecular weight is 494 g/mol. The fourth-order valence-corrected chi connectivity index (χ4v) is 2.75. The average Bonchev–Trinajstić information content (AvgIpc) is 2.66. The number of hydrogen-bond donors (Lipinski definition) is 2. The van der Waals surface area contributed by atoms with Crippen molar-refractivity contribution in [2.45, 2.75) is 31.9 Å². The Bertz CT molecular complexity index is 607. The molecule has 0 bridgehead atoms. The quantitative estimate of drug-likeness (QED) is 0.374. The summed E-state index contributed by atoms with van der Waals surface area (Å²) in [6, 6.07) is 6.20. The minimum Gasteiger partial charge on any atom is -0.489 e. The standard InChI is InChI=1S/C18H27FN4O3.HI/c1-13(26-16-6-4-14(19)5-7-16)12-21-17(20-2)22-15-8-10-23(11-9-15)18(24)25-3;/h4-7,13,15H,8-12H2,1-3H3,(H2,20,21,22);1H. The van der Waals surface area contributed by atoms with Gasteiger partial charge in [-0.15, -0.1) is 24.0 Å². The maximum Gasteiger partial charge on any atom is 0.409 e. The molecule has 0 saturated carbocycles. The van der Waals surface area contributed by atoms with E-state index in [4.69, 9.17) is 9.47 Å². The van der Waals surface area contributed by atoms with Crippen molar-refractivity contribution in [3.8, 4) is 5.75 Å². The minimum atomic E-state index is -0.286. The van der Waals surface area contributed by atoms with E-state index in [0.29, 0.717) is 31.3 Å². The van der Waals surface area contributed by atoms with Gasteiger partial charge in [-0.3, -0.25) is 4.99 Å². The number of carbonyl (C=O) groups excluding carboxylic acids is 1. The Kier molecular flexibility index (Phi) is 10.2. The summed E-state index contributed by atoms with van der Waals surface area (Å²) in [4.78, 5) is 17.4. The molecule has 1 unspecified atom stereocenters. The first-order chi connectivity index (χ1) is 12.5. The number of hydrogen-bond acceptors (Lipinski definition) is 4. The lowest BCUT2D eigenvalue weighted by Crippen LogP contribution is -2.50. The molecule has 1 aliphatic heterocycles. The Labute approximate surface area is 176 Å². The summed E-state index contributed by atoms with van der Waals surface area (Å²) in [5.41, 5.74) is 0. The molecule has 1 amide bonds. The second-order valence-corrected chi connectivity index (χ2v) is 6.21. The first-order valence-corrected chi connectivity index (χ1v) is 8.74. The molecule has 1 aromatic carbocycles. The number of benzene rings is 1. The third kappa shape index (κ3) is 7.77. The maximum absolute atomic E-state index is 12.9. The molecule has 0 radical (unpaired) electrons. The molecule has 0 aromatic heterocycles. The molecule has 1 heterocycles. The summed E-state index contributed by atoms with van der Waals surface area (Å²) in [7, 11) is 3.11. The van der Waals surface area contributed by atoms with E-state index in [9.17, 15) is 9.18 Å². The second-order valence-electron chi connectivity index (χ2n) is 6.21. The molecule has 1 atom stereocenters. The van der Waals surface area contributed by atoms with E-state index in [1.54, 1.807) is 24.1 Å². The number of guanidine groups is 1. The molecular weight excluding hydrogens is 466 g/mol. The van der Waals surface area contributed by atoms with Crippen LogP contribution in [0.15, 0.2) is 29.3 Å². The maximum atomic E-state index is 12.9. The first kappa shape index (κ1) is 23.3. The Morgan fingerprint density at radius 1 is 1.33 bits per heavy atom. The van der Waals surface area contributed by atoms with Crippen LogP contribution in [0.4, 0.5) is 9.18 Å². The van der Waals surface area contributed by atoms with Gasteiger partial charge in [0, 0.05) is 26.2 Å². The fourth-order valence-electron chi connectivity index (χ4n) is 2.75. The fraction of sp³-hybridized carbons (Fsp3) is 0.556. The van der Waals surface area contributed by atoms with Crippen molar-refractivity contribution in [1.82, 2.24) is 15.5 Å². The zero-order chi connectivity index (χ0) is 18.9. The Morgan fingerprint density at radius 3 is 2.52 bits per heavy atom. The number of amides is 1. The van der Waals surface area contributed by atoms with Gasteiger partial charge in [0.25, 0.3) is 0 Å². The highest BCUT2D eigenvalue weighted by molar-refractivity contribution is 14.0. The van der Waals surface area contributed by atoms with Crippen LogP contribution in [-0.4, -0.2) is 62.9 Å². The second kappa shape index (κ2) is 11.8. The number of rotatable bonds is 5. The Hall–Kier alpha value is -1.78. The number of ether oxygens (including phenoxy) is 2. The molecular formula is C18H28FIN4O3. The van der Waals surface area contributed by atoms with Gasteiger partial charge >= 0.3 is 6.09 Å². The van der Waals surface area contributed by atoms with Crippen LogP contribution >= 0.6 is 24.0 Å². The first-order valence-electron chi connectivity index (χ1n) is 8.74. The van der Waals surface area contributed by atoms with Gasteiger partial charge in [0.1, 0.15) is 17.7 Å². The summed E-state index contributed by atoms with van der Waals surface area (Å²) in [5.74, 6) is 1.03. The van der Waals surface area contributed by atoms with Gasteiger partial charge in [0.2, 0.25) is 0 Å². The highest BCUT2D eigenvalue weighted by atomic mass is 127. The molecule has 1 fully saturated rings. The number of methoxy groups -OCH3 is 1. The summed E-state index contributed by atoms with van der Waals surface area (Å²) in [5, 5.41) is 6.59. The minimum absolute atomic E-state index is 0. The van der Waals surface area contributed by atoms with E-state index in [1.165, 1.54) is 19.2 Å². The van der Waals surface area contributed by atoms with Gasteiger partial charge in [0.05, 0.1) is 13.7 Å². The van der Waals surface area contributed by atoms with Crippen molar-refractivity contribution in [2.75, 3.05) is 33.8 Å². The molecule has 0 aliphatic carbocycles. The van der Waals surface area contributed by atoms with E-state index in [2.05, 4.69) is 15.6 Å². The summed E-state index contributed by atoms with van der Waals surface area (Å²) >= 11 is 0. The lowest BCUT2D eigenvalue weighted by molar-refractivity contribution is 0.111. The smallest absolute Gasteiger partial charge is 0.409 e. The van der Waals surface area contributed by atoms with Crippen LogP contribution in [0.2, 0.25) is 0 Å². The predicted molar refractivity (Wildman–Crippen MR) is 113 cm³/mol. The highest BCUT2D eigenvalue weighted by Crippen LogP contribution is 2.13. The number of likely N-dealkylation sites (tertiary alicyclic amines) is 1. The molecule has 1 aliphatic rings. The molecule has 7 nitrogen and oxygen atoms in total. The van der Waals surface area contributed by atoms with E-state index in [1.807, 2.05) is 6.92 Å². The van der Waals surface area contributed by atoms with E-state index >= 15 is 0 Å². The number of nitrogens with zero attached hydrogens (tertiary/aromatic N) is 2. The van der Waals surface area contributed by atoms with Gasteiger partial charge in [-0.25, -0.2) is 9.18 Å². The molecule has 0 spiro atoms. The number of aliphatic imine (C=N–C) groups is 1. The van der Waals surface area contributed by atoms with Crippen molar-refractivity contribution in [1.29, 1.82) is 0 Å². The number of nitrogens with one attached hydrogen (secondary N) is 2. The summed E-state index contributed by atoms with van der Waals surface area (Å²) in [6.07, 6.45) is 1.27. The number of piperidine rings is 1. The van der Waals surface area contributed by atoms with Crippen LogP contribution in [0.5, 0.6) is 5.75 Å². The third-order valence-corrected chi connectivity index (χ3v) is 4.20. The van der Waals surface area contributed by atoms with Crippen molar-refractivity contribution in [3.63, 3.8) is 0 Å². The Balaban J connectivity index is 0.00000364. The van der Waals surface area contributed by atoms with Crippen LogP contribution in [-0.2, 0) is 4.74 Å². The van der Waals surface area contributed by atoms with Gasteiger partial charge < -0.3 is 25.0 Å². The molecule has 1 saturated heterocycles. The molecule has 2 rings (SSSR count). The van der Waals surface area contributed by atoms with E-state index < -0.39 is 0 Å². The lowest BCUT2D eigenvalue weighted by atomic mass is 10.1. The van der Waals surface area contributed by atoms with Crippen molar-refractivity contribution in [3.05, 3.63) is 30.1 Å².